The normalized spacial score (nSPS) is 11.9. The van der Waals surface area contributed by atoms with Crippen LogP contribution in [0.2, 0.25) is 0 Å². The predicted molar refractivity (Wildman–Crippen MR) is 80.1 cm³/mol. The molecular formula is C13H14N4O3S. The molecule has 21 heavy (non-hydrogen) atoms. The zero-order valence-electron chi connectivity index (χ0n) is 11.3. The largest absolute Gasteiger partial charge is 0.322 e. The van der Waals surface area contributed by atoms with Crippen molar-refractivity contribution in [1.82, 2.24) is 4.98 Å². The number of nitrogens with one attached hydrogen (secondary N) is 1. The molecule has 1 aromatic carbocycles. The van der Waals surface area contributed by atoms with Gasteiger partial charge in [-0.15, -0.1) is 11.3 Å². The maximum atomic E-state index is 11.9. The molecular weight excluding hydrogens is 292 g/mol. The third-order valence-electron chi connectivity index (χ3n) is 2.68. The van der Waals surface area contributed by atoms with Crippen molar-refractivity contribution in [1.29, 1.82) is 0 Å². The first-order chi connectivity index (χ1) is 9.97. The monoisotopic (exact) mass is 306 g/mol. The van der Waals surface area contributed by atoms with Gasteiger partial charge in [-0.3, -0.25) is 14.9 Å². The van der Waals surface area contributed by atoms with Crippen LogP contribution in [0, 0.1) is 10.1 Å². The van der Waals surface area contributed by atoms with Crippen molar-refractivity contribution in [2.24, 2.45) is 5.73 Å². The van der Waals surface area contributed by atoms with Crippen LogP contribution in [0.1, 0.15) is 23.7 Å². The molecule has 1 amide bonds. The summed E-state index contributed by atoms with van der Waals surface area (Å²) in [4.78, 5) is 26.5. The second-order valence-electron chi connectivity index (χ2n) is 4.46. The average Bonchev–Trinajstić information content (AvgIpc) is 2.87. The molecule has 2 aromatic rings. The van der Waals surface area contributed by atoms with Gasteiger partial charge in [0, 0.05) is 11.4 Å². The van der Waals surface area contributed by atoms with Crippen LogP contribution in [-0.2, 0) is 11.2 Å². The zero-order chi connectivity index (χ0) is 15.4. The number of carbonyl (C=O) groups excluding carboxylic acids is 1. The van der Waals surface area contributed by atoms with E-state index < -0.39 is 4.92 Å². The van der Waals surface area contributed by atoms with Gasteiger partial charge in [0.05, 0.1) is 23.1 Å². The molecule has 1 unspecified atom stereocenters. The van der Waals surface area contributed by atoms with Gasteiger partial charge in [-0.25, -0.2) is 4.98 Å². The molecule has 1 aromatic heterocycles. The predicted octanol–water partition coefficient (Wildman–Crippen LogP) is 2.25. The fourth-order valence-corrected chi connectivity index (χ4v) is 2.49. The van der Waals surface area contributed by atoms with Crippen molar-refractivity contribution in [2.75, 3.05) is 5.32 Å². The van der Waals surface area contributed by atoms with Crippen LogP contribution in [0.4, 0.5) is 11.4 Å². The molecule has 0 aliphatic heterocycles. The lowest BCUT2D eigenvalue weighted by atomic mass is 10.2. The summed E-state index contributed by atoms with van der Waals surface area (Å²) in [5.41, 5.74) is 6.34. The highest BCUT2D eigenvalue weighted by molar-refractivity contribution is 7.09. The Morgan fingerprint density at radius 1 is 1.52 bits per heavy atom. The Kier molecular flexibility index (Phi) is 4.61. The van der Waals surface area contributed by atoms with E-state index in [1.807, 2.05) is 6.92 Å². The van der Waals surface area contributed by atoms with E-state index in [-0.39, 0.29) is 29.7 Å². The number of hydrogen-bond acceptors (Lipinski definition) is 6. The molecule has 0 saturated heterocycles. The van der Waals surface area contributed by atoms with Gasteiger partial charge in [-0.05, 0) is 13.0 Å². The highest BCUT2D eigenvalue weighted by Crippen LogP contribution is 2.23. The summed E-state index contributed by atoms with van der Waals surface area (Å²) in [7, 11) is 0. The number of hydrogen-bond donors (Lipinski definition) is 2. The smallest absolute Gasteiger partial charge is 0.292 e. The van der Waals surface area contributed by atoms with E-state index in [4.69, 9.17) is 5.73 Å². The summed E-state index contributed by atoms with van der Waals surface area (Å²) in [5.74, 6) is -0.356. The Balaban J connectivity index is 2.06. The first-order valence-electron chi connectivity index (χ1n) is 6.20. The molecule has 0 bridgehead atoms. The number of para-hydroxylation sites is 2. The Morgan fingerprint density at radius 3 is 2.86 bits per heavy atom. The van der Waals surface area contributed by atoms with E-state index >= 15 is 0 Å². The fourth-order valence-electron chi connectivity index (χ4n) is 1.71. The standard InChI is InChI=1S/C13H14N4O3S/c1-8(14)13-15-9(7-21-13)6-12(18)16-10-4-2-3-5-11(10)17(19)20/h2-5,7-8H,6,14H2,1H3,(H,16,18). The van der Waals surface area contributed by atoms with Gasteiger partial charge < -0.3 is 11.1 Å². The molecule has 0 fully saturated rings. The van der Waals surface area contributed by atoms with E-state index in [1.54, 1.807) is 17.5 Å². The van der Waals surface area contributed by atoms with Crippen molar-refractivity contribution in [2.45, 2.75) is 19.4 Å². The van der Waals surface area contributed by atoms with E-state index in [0.717, 1.165) is 5.01 Å². The summed E-state index contributed by atoms with van der Waals surface area (Å²) in [6, 6.07) is 5.82. The number of amides is 1. The molecule has 0 aliphatic carbocycles. The third kappa shape index (κ3) is 3.83. The molecule has 0 spiro atoms. The average molecular weight is 306 g/mol. The SMILES string of the molecule is CC(N)c1nc(CC(=O)Nc2ccccc2[N+](=O)[O-])cs1. The number of benzene rings is 1. The third-order valence-corrected chi connectivity index (χ3v) is 3.77. The summed E-state index contributed by atoms with van der Waals surface area (Å²) in [5, 5.41) is 15.9. The number of nitro groups is 1. The summed E-state index contributed by atoms with van der Waals surface area (Å²) >= 11 is 1.39. The topological polar surface area (TPSA) is 111 Å². The number of thiazole rings is 1. The molecule has 0 radical (unpaired) electrons. The Labute approximate surface area is 125 Å². The minimum Gasteiger partial charge on any atom is -0.322 e. The van der Waals surface area contributed by atoms with Gasteiger partial charge in [0.15, 0.2) is 0 Å². The fraction of sp³-hybridized carbons (Fsp3) is 0.231. The minimum atomic E-state index is -0.535. The molecule has 0 aliphatic rings. The lowest BCUT2D eigenvalue weighted by Gasteiger charge is -2.04. The lowest BCUT2D eigenvalue weighted by Crippen LogP contribution is -2.15. The summed E-state index contributed by atoms with van der Waals surface area (Å²) < 4.78 is 0. The van der Waals surface area contributed by atoms with Gasteiger partial charge in [-0.1, -0.05) is 12.1 Å². The Morgan fingerprint density at radius 2 is 2.24 bits per heavy atom. The minimum absolute atomic E-state index is 0.0509. The van der Waals surface area contributed by atoms with E-state index in [1.165, 1.54) is 23.5 Å². The first kappa shape index (κ1) is 15.1. The van der Waals surface area contributed by atoms with Gasteiger partial charge in [-0.2, -0.15) is 0 Å². The van der Waals surface area contributed by atoms with Gasteiger partial charge in [0.1, 0.15) is 10.7 Å². The number of aromatic nitrogens is 1. The second-order valence-corrected chi connectivity index (χ2v) is 5.35. The zero-order valence-corrected chi connectivity index (χ0v) is 12.1. The molecule has 3 N–H and O–H groups in total. The van der Waals surface area contributed by atoms with Crippen LogP contribution in [0.15, 0.2) is 29.6 Å². The van der Waals surface area contributed by atoms with Crippen LogP contribution in [-0.4, -0.2) is 15.8 Å². The van der Waals surface area contributed by atoms with E-state index in [0.29, 0.717) is 5.69 Å². The maximum Gasteiger partial charge on any atom is 0.292 e. The maximum absolute atomic E-state index is 11.9. The first-order valence-corrected chi connectivity index (χ1v) is 7.08. The number of nitrogens with zero attached hydrogens (tertiary/aromatic N) is 2. The molecule has 8 heteroatoms. The Hall–Kier alpha value is -2.32. The molecule has 1 heterocycles. The number of anilines is 1. The van der Waals surface area contributed by atoms with Gasteiger partial charge in [0.25, 0.3) is 5.69 Å². The Bertz CT molecular complexity index is 669. The van der Waals surface area contributed by atoms with Crippen LogP contribution in [0.5, 0.6) is 0 Å². The molecule has 2 rings (SSSR count). The van der Waals surface area contributed by atoms with Crippen molar-refractivity contribution in [3.63, 3.8) is 0 Å². The van der Waals surface area contributed by atoms with Crippen LogP contribution < -0.4 is 11.1 Å². The van der Waals surface area contributed by atoms with Crippen molar-refractivity contribution in [3.05, 3.63) is 50.5 Å². The molecule has 0 saturated carbocycles. The molecule has 1 atom stereocenters. The van der Waals surface area contributed by atoms with Gasteiger partial charge in [0.2, 0.25) is 5.91 Å². The van der Waals surface area contributed by atoms with Crippen molar-refractivity contribution < 1.29 is 9.72 Å². The van der Waals surface area contributed by atoms with Gasteiger partial charge >= 0.3 is 0 Å². The highest BCUT2D eigenvalue weighted by Gasteiger charge is 2.16. The highest BCUT2D eigenvalue weighted by atomic mass is 32.1. The van der Waals surface area contributed by atoms with E-state index in [2.05, 4.69) is 10.3 Å². The van der Waals surface area contributed by atoms with Crippen LogP contribution in [0.3, 0.4) is 0 Å². The van der Waals surface area contributed by atoms with E-state index in [9.17, 15) is 14.9 Å². The summed E-state index contributed by atoms with van der Waals surface area (Å²) in [6.45, 7) is 1.82. The number of nitro benzene ring substituents is 1. The summed E-state index contributed by atoms with van der Waals surface area (Å²) in [6.07, 6.45) is 0.0509. The number of rotatable bonds is 5. The quantitative estimate of drug-likeness (QED) is 0.650. The van der Waals surface area contributed by atoms with Crippen molar-refractivity contribution >= 4 is 28.6 Å². The number of carbonyl (C=O) groups is 1. The molecule has 7 nitrogen and oxygen atoms in total. The van der Waals surface area contributed by atoms with Crippen LogP contribution >= 0.6 is 11.3 Å². The number of nitrogens with two attached hydrogens (primary N) is 1. The molecule has 110 valence electrons. The lowest BCUT2D eigenvalue weighted by molar-refractivity contribution is -0.383. The second kappa shape index (κ2) is 6.42. The van der Waals surface area contributed by atoms with Crippen LogP contribution in [0.25, 0.3) is 0 Å². The van der Waals surface area contributed by atoms with Crippen molar-refractivity contribution in [3.8, 4) is 0 Å².